The van der Waals surface area contributed by atoms with Crippen molar-refractivity contribution in [3.63, 3.8) is 0 Å². The number of hydrogen-bond donors (Lipinski definition) is 2. The number of halogens is 3. The monoisotopic (exact) mass is 467 g/mol. The van der Waals surface area contributed by atoms with Gasteiger partial charge in [-0.15, -0.1) is 0 Å². The highest BCUT2D eigenvalue weighted by atomic mass is 32.2. The van der Waals surface area contributed by atoms with Crippen LogP contribution in [0.15, 0.2) is 36.4 Å². The summed E-state index contributed by atoms with van der Waals surface area (Å²) in [5.41, 5.74) is 0.316. The van der Waals surface area contributed by atoms with Crippen LogP contribution in [0.4, 0.5) is 18.0 Å². The number of benzene rings is 2. The molecule has 0 radical (unpaired) electrons. The molecule has 2 atom stereocenters. The summed E-state index contributed by atoms with van der Waals surface area (Å²) in [6.45, 7) is 0. The average molecular weight is 468 g/mol. The molecule has 0 aromatic heterocycles. The molecular weight excluding hydrogens is 443 g/mol. The van der Waals surface area contributed by atoms with Gasteiger partial charge in [-0.2, -0.15) is 0 Å². The predicted octanol–water partition coefficient (Wildman–Crippen LogP) is 3.03. The zero-order valence-electron chi connectivity index (χ0n) is 17.6. The molecule has 2 amide bonds. The second-order valence-electron chi connectivity index (χ2n) is 8.47. The molecule has 3 aliphatic rings. The maximum Gasteiger partial charge on any atom is 0.317 e. The third-order valence-electron chi connectivity index (χ3n) is 6.30. The fourth-order valence-corrected chi connectivity index (χ4v) is 5.74. The maximum absolute atomic E-state index is 15.5. The summed E-state index contributed by atoms with van der Waals surface area (Å²) in [6, 6.07) is 5.75. The van der Waals surface area contributed by atoms with Crippen LogP contribution in [0, 0.1) is 23.4 Å². The Hall–Kier alpha value is -2.59. The van der Waals surface area contributed by atoms with Crippen molar-refractivity contribution in [1.29, 1.82) is 0 Å². The van der Waals surface area contributed by atoms with E-state index in [0.717, 1.165) is 18.4 Å². The smallest absolute Gasteiger partial charge is 0.317 e. The highest BCUT2D eigenvalue weighted by Crippen LogP contribution is 2.44. The Morgan fingerprint density at radius 2 is 1.78 bits per heavy atom. The van der Waals surface area contributed by atoms with Gasteiger partial charge >= 0.3 is 6.03 Å². The number of sulfonamides is 1. The summed E-state index contributed by atoms with van der Waals surface area (Å²) in [6.07, 6.45) is 2.44. The summed E-state index contributed by atoms with van der Waals surface area (Å²) in [5, 5.41) is 2.59. The van der Waals surface area contributed by atoms with Crippen molar-refractivity contribution in [3.05, 3.63) is 59.4 Å². The van der Waals surface area contributed by atoms with Gasteiger partial charge in [0.05, 0.1) is 12.3 Å². The van der Waals surface area contributed by atoms with Gasteiger partial charge in [-0.3, -0.25) is 0 Å². The van der Waals surface area contributed by atoms with Gasteiger partial charge in [0.1, 0.15) is 17.5 Å². The Balaban J connectivity index is 1.72. The normalized spacial score (nSPS) is 24.7. The van der Waals surface area contributed by atoms with Crippen LogP contribution in [0.5, 0.6) is 0 Å². The minimum absolute atomic E-state index is 0.0287. The standard InChI is InChI=1S/C22H24F3N3O3S/c1-26-22(29)28-17-8-14(9-17)21(27-32(2,30)31)19(28)10-12-4-3-5-18(20(12)25)13-6-15(23)11-16(24)7-13/h3-7,11,14,17,19,21,27H,8-10H2,1-2H3,(H,26,29)/t14?,17?,19-,21-/m0/s1. The van der Waals surface area contributed by atoms with E-state index in [1.165, 1.54) is 19.2 Å². The van der Waals surface area contributed by atoms with E-state index in [1.807, 2.05) is 0 Å². The fraction of sp³-hybridized carbons (Fsp3) is 0.409. The minimum atomic E-state index is -3.57. The van der Waals surface area contributed by atoms with Crippen LogP contribution in [-0.2, 0) is 16.4 Å². The number of carbonyl (C=O) groups is 1. The number of rotatable bonds is 5. The SMILES string of the molecule is CNC(=O)N1C2CC(C2)[C@H](NS(C)(=O)=O)[C@@H]1Cc1cccc(-c2cc(F)cc(F)c2)c1F. The first-order chi connectivity index (χ1) is 15.1. The highest BCUT2D eigenvalue weighted by Gasteiger charge is 2.53. The van der Waals surface area contributed by atoms with Gasteiger partial charge in [0.2, 0.25) is 10.0 Å². The molecule has 2 bridgehead atoms. The fourth-order valence-electron chi connectivity index (χ4n) is 4.90. The van der Waals surface area contributed by atoms with Gasteiger partial charge in [0, 0.05) is 30.8 Å². The molecule has 2 aromatic carbocycles. The zero-order chi connectivity index (χ0) is 23.2. The van der Waals surface area contributed by atoms with Crippen molar-refractivity contribution in [2.24, 2.45) is 5.92 Å². The second kappa shape index (κ2) is 8.40. The largest absolute Gasteiger partial charge is 0.341 e. The van der Waals surface area contributed by atoms with Crippen LogP contribution in [0.3, 0.4) is 0 Å². The molecule has 2 heterocycles. The molecule has 0 spiro atoms. The molecule has 1 aliphatic carbocycles. The van der Waals surface area contributed by atoms with Crippen molar-refractivity contribution in [2.45, 2.75) is 37.4 Å². The summed E-state index contributed by atoms with van der Waals surface area (Å²) >= 11 is 0. The van der Waals surface area contributed by atoms with Gasteiger partial charge in [-0.25, -0.2) is 31.1 Å². The molecule has 5 rings (SSSR count). The average Bonchev–Trinajstić information content (AvgIpc) is 2.66. The Morgan fingerprint density at radius 3 is 2.38 bits per heavy atom. The third-order valence-corrected chi connectivity index (χ3v) is 7.00. The van der Waals surface area contributed by atoms with Gasteiger partial charge in [0.15, 0.2) is 0 Å². The summed E-state index contributed by atoms with van der Waals surface area (Å²) < 4.78 is 69.4. The lowest BCUT2D eigenvalue weighted by Crippen LogP contribution is -2.71. The quantitative estimate of drug-likeness (QED) is 0.710. The topological polar surface area (TPSA) is 78.5 Å². The van der Waals surface area contributed by atoms with E-state index in [9.17, 15) is 22.0 Å². The Bertz CT molecular complexity index is 1130. The van der Waals surface area contributed by atoms with E-state index in [-0.39, 0.29) is 41.1 Å². The lowest BCUT2D eigenvalue weighted by atomic mass is 9.67. The van der Waals surface area contributed by atoms with E-state index in [1.54, 1.807) is 11.0 Å². The predicted molar refractivity (Wildman–Crippen MR) is 114 cm³/mol. The first-order valence-corrected chi connectivity index (χ1v) is 12.2. The lowest BCUT2D eigenvalue weighted by molar-refractivity contribution is -0.0238. The zero-order valence-corrected chi connectivity index (χ0v) is 18.4. The number of nitrogens with zero attached hydrogens (tertiary/aromatic N) is 1. The third kappa shape index (κ3) is 4.33. The summed E-state index contributed by atoms with van der Waals surface area (Å²) in [4.78, 5) is 14.2. The van der Waals surface area contributed by atoms with Crippen LogP contribution in [0.25, 0.3) is 11.1 Å². The van der Waals surface area contributed by atoms with Crippen LogP contribution in [0.1, 0.15) is 18.4 Å². The van der Waals surface area contributed by atoms with Crippen molar-refractivity contribution >= 4 is 16.1 Å². The molecular formula is C22H24F3N3O3S. The van der Waals surface area contributed by atoms with Crippen molar-refractivity contribution < 1.29 is 26.4 Å². The molecule has 10 heteroatoms. The molecule has 32 heavy (non-hydrogen) atoms. The van der Waals surface area contributed by atoms with E-state index < -0.39 is 39.6 Å². The van der Waals surface area contributed by atoms with Crippen molar-refractivity contribution in [2.75, 3.05) is 13.3 Å². The summed E-state index contributed by atoms with van der Waals surface area (Å²) in [5.74, 6) is -2.25. The van der Waals surface area contributed by atoms with Crippen LogP contribution in [0.2, 0.25) is 0 Å². The number of hydrogen-bond acceptors (Lipinski definition) is 3. The van der Waals surface area contributed by atoms with Gasteiger partial charge in [-0.05, 0) is 48.4 Å². The van der Waals surface area contributed by atoms with E-state index in [4.69, 9.17) is 0 Å². The minimum Gasteiger partial charge on any atom is -0.341 e. The first-order valence-electron chi connectivity index (χ1n) is 10.3. The van der Waals surface area contributed by atoms with Gasteiger partial charge in [-0.1, -0.05) is 18.2 Å². The lowest BCUT2D eigenvalue weighted by Gasteiger charge is -2.57. The van der Waals surface area contributed by atoms with Gasteiger partial charge < -0.3 is 10.2 Å². The highest BCUT2D eigenvalue weighted by molar-refractivity contribution is 7.88. The number of urea groups is 1. The maximum atomic E-state index is 15.5. The Labute approximate surface area is 184 Å². The molecule has 2 aliphatic heterocycles. The van der Waals surface area contributed by atoms with Crippen LogP contribution in [-0.4, -0.2) is 50.8 Å². The van der Waals surface area contributed by atoms with Crippen molar-refractivity contribution in [1.82, 2.24) is 14.9 Å². The second-order valence-corrected chi connectivity index (χ2v) is 10.3. The number of nitrogens with one attached hydrogen (secondary N) is 2. The number of amides is 2. The van der Waals surface area contributed by atoms with E-state index in [0.29, 0.717) is 18.9 Å². The molecule has 3 fully saturated rings. The molecule has 2 N–H and O–H groups in total. The summed E-state index contributed by atoms with van der Waals surface area (Å²) in [7, 11) is -2.08. The molecule has 0 unspecified atom stereocenters. The number of carbonyl (C=O) groups excluding carboxylic acids is 1. The van der Waals surface area contributed by atoms with E-state index in [2.05, 4.69) is 10.0 Å². The number of fused-ring (bicyclic) bond motifs is 2. The van der Waals surface area contributed by atoms with E-state index >= 15 is 4.39 Å². The number of piperidine rings is 2. The first kappa shape index (κ1) is 22.6. The van der Waals surface area contributed by atoms with Crippen molar-refractivity contribution in [3.8, 4) is 11.1 Å². The molecule has 172 valence electrons. The van der Waals surface area contributed by atoms with Crippen LogP contribution >= 0.6 is 0 Å². The molecule has 2 aromatic rings. The molecule has 2 saturated heterocycles. The molecule has 6 nitrogen and oxygen atoms in total. The molecule has 1 saturated carbocycles. The van der Waals surface area contributed by atoms with Crippen LogP contribution < -0.4 is 10.0 Å². The Morgan fingerprint density at radius 1 is 1.12 bits per heavy atom. The van der Waals surface area contributed by atoms with Gasteiger partial charge in [0.25, 0.3) is 0 Å². The Kier molecular flexibility index (Phi) is 5.93.